The Morgan fingerprint density at radius 2 is 1.90 bits per heavy atom. The van der Waals surface area contributed by atoms with Crippen LogP contribution in [0.1, 0.15) is 24.0 Å². The molecule has 1 heterocycles. The summed E-state index contributed by atoms with van der Waals surface area (Å²) >= 11 is 3.42. The topological polar surface area (TPSA) is 84.9 Å². The van der Waals surface area contributed by atoms with Crippen molar-refractivity contribution >= 4 is 37.5 Å². The number of carbonyl (C=O) groups is 1. The summed E-state index contributed by atoms with van der Waals surface area (Å²) in [6.45, 7) is 0.741. The van der Waals surface area contributed by atoms with E-state index in [9.17, 15) is 13.2 Å². The summed E-state index contributed by atoms with van der Waals surface area (Å²) in [6, 6.07) is 8.99. The standard InChI is InChI=1S/C22H25BrN2O5S/c1-29-18-6-3-14(11-19(18)30-2)7-9-24-31(27,28)20-13-17(23)12-16-8-10-25(21(16)20)22(26)15-4-5-15/h3,6,11-13,15,24H,4-5,7-10H2,1-2H3. The Morgan fingerprint density at radius 1 is 1.16 bits per heavy atom. The van der Waals surface area contributed by atoms with Crippen molar-refractivity contribution in [2.24, 2.45) is 5.92 Å². The molecular formula is C22H25BrN2O5S. The minimum atomic E-state index is -3.81. The number of nitrogens with zero attached hydrogens (tertiary/aromatic N) is 1. The molecule has 0 radical (unpaired) electrons. The van der Waals surface area contributed by atoms with Crippen LogP contribution < -0.4 is 19.1 Å². The fourth-order valence-corrected chi connectivity index (χ4v) is 5.85. The summed E-state index contributed by atoms with van der Waals surface area (Å²) in [5.41, 5.74) is 2.33. The van der Waals surface area contributed by atoms with Crippen LogP contribution in [-0.2, 0) is 27.7 Å². The van der Waals surface area contributed by atoms with Crippen molar-refractivity contribution in [2.45, 2.75) is 30.6 Å². The molecule has 2 aromatic carbocycles. The summed E-state index contributed by atoms with van der Waals surface area (Å²) in [5.74, 6) is 1.28. The normalized spacial score (nSPS) is 15.6. The van der Waals surface area contributed by atoms with Gasteiger partial charge in [0.2, 0.25) is 15.9 Å². The van der Waals surface area contributed by atoms with E-state index < -0.39 is 10.0 Å². The molecule has 1 N–H and O–H groups in total. The Bertz CT molecular complexity index is 1120. The Kier molecular flexibility index (Phi) is 6.27. The number of amides is 1. The third kappa shape index (κ3) is 4.58. The highest BCUT2D eigenvalue weighted by atomic mass is 79.9. The van der Waals surface area contributed by atoms with Gasteiger partial charge in [-0.1, -0.05) is 22.0 Å². The Labute approximate surface area is 190 Å². The van der Waals surface area contributed by atoms with Gasteiger partial charge in [-0.2, -0.15) is 0 Å². The van der Waals surface area contributed by atoms with E-state index in [4.69, 9.17) is 9.47 Å². The highest BCUT2D eigenvalue weighted by Crippen LogP contribution is 2.41. The van der Waals surface area contributed by atoms with Crippen LogP contribution in [0.3, 0.4) is 0 Å². The lowest BCUT2D eigenvalue weighted by Crippen LogP contribution is -2.33. The van der Waals surface area contributed by atoms with Gasteiger partial charge in [-0.15, -0.1) is 0 Å². The van der Waals surface area contributed by atoms with E-state index in [1.165, 1.54) is 0 Å². The fourth-order valence-electron chi connectivity index (χ4n) is 3.89. The molecule has 7 nitrogen and oxygen atoms in total. The zero-order chi connectivity index (χ0) is 22.2. The van der Waals surface area contributed by atoms with Gasteiger partial charge < -0.3 is 14.4 Å². The van der Waals surface area contributed by atoms with Crippen molar-refractivity contribution in [3.05, 3.63) is 45.9 Å². The van der Waals surface area contributed by atoms with Gasteiger partial charge in [0.15, 0.2) is 11.5 Å². The molecular weight excluding hydrogens is 484 g/mol. The van der Waals surface area contributed by atoms with E-state index in [1.54, 1.807) is 31.3 Å². The minimum Gasteiger partial charge on any atom is -0.493 e. The van der Waals surface area contributed by atoms with Crippen LogP contribution in [0, 0.1) is 5.92 Å². The number of hydrogen-bond acceptors (Lipinski definition) is 5. The SMILES string of the molecule is COc1ccc(CCNS(=O)(=O)c2cc(Br)cc3c2N(C(=O)C2CC2)CC3)cc1OC. The third-order valence-electron chi connectivity index (χ3n) is 5.63. The second-order valence-corrected chi connectivity index (χ2v) is 10.4. The number of methoxy groups -OCH3 is 2. The van der Waals surface area contributed by atoms with Gasteiger partial charge in [-0.25, -0.2) is 13.1 Å². The molecule has 0 atom stereocenters. The molecule has 4 rings (SSSR count). The molecule has 0 aromatic heterocycles. The first-order valence-electron chi connectivity index (χ1n) is 10.2. The van der Waals surface area contributed by atoms with Crippen molar-refractivity contribution in [3.8, 4) is 11.5 Å². The molecule has 9 heteroatoms. The van der Waals surface area contributed by atoms with Crippen LogP contribution in [0.5, 0.6) is 11.5 Å². The van der Waals surface area contributed by atoms with E-state index in [0.29, 0.717) is 41.0 Å². The van der Waals surface area contributed by atoms with Crippen molar-refractivity contribution in [3.63, 3.8) is 0 Å². The average Bonchev–Trinajstić information content (AvgIpc) is 3.52. The maximum Gasteiger partial charge on any atom is 0.242 e. The number of halogens is 1. The molecule has 1 fully saturated rings. The summed E-state index contributed by atoms with van der Waals surface area (Å²) in [4.78, 5) is 14.5. The first-order valence-corrected chi connectivity index (χ1v) is 12.5. The van der Waals surface area contributed by atoms with Crippen molar-refractivity contribution < 1.29 is 22.7 Å². The molecule has 31 heavy (non-hydrogen) atoms. The van der Waals surface area contributed by atoms with Crippen molar-refractivity contribution in [2.75, 3.05) is 32.2 Å². The predicted molar refractivity (Wildman–Crippen MR) is 121 cm³/mol. The highest BCUT2D eigenvalue weighted by Gasteiger charge is 2.39. The number of ether oxygens (including phenoxy) is 2. The maximum absolute atomic E-state index is 13.2. The van der Waals surface area contributed by atoms with E-state index in [0.717, 1.165) is 24.0 Å². The Balaban J connectivity index is 1.54. The lowest BCUT2D eigenvalue weighted by molar-refractivity contribution is -0.119. The molecule has 1 saturated carbocycles. The van der Waals surface area contributed by atoms with Crippen LogP contribution in [0.15, 0.2) is 39.7 Å². The number of carbonyl (C=O) groups excluding carboxylic acids is 1. The number of nitrogens with one attached hydrogen (secondary N) is 1. The van der Waals surface area contributed by atoms with E-state index in [-0.39, 0.29) is 23.3 Å². The van der Waals surface area contributed by atoms with Gasteiger partial charge in [0.05, 0.1) is 19.9 Å². The monoisotopic (exact) mass is 508 g/mol. The maximum atomic E-state index is 13.2. The molecule has 1 aliphatic heterocycles. The van der Waals surface area contributed by atoms with Crippen LogP contribution in [0.2, 0.25) is 0 Å². The van der Waals surface area contributed by atoms with Gasteiger partial charge >= 0.3 is 0 Å². The molecule has 2 aliphatic rings. The largest absolute Gasteiger partial charge is 0.493 e. The van der Waals surface area contributed by atoms with Gasteiger partial charge in [-0.05, 0) is 61.1 Å². The molecule has 1 aliphatic carbocycles. The van der Waals surface area contributed by atoms with E-state index >= 15 is 0 Å². The highest BCUT2D eigenvalue weighted by molar-refractivity contribution is 9.10. The quantitative estimate of drug-likeness (QED) is 0.591. The first kappa shape index (κ1) is 22.1. The molecule has 2 aromatic rings. The van der Waals surface area contributed by atoms with Crippen LogP contribution >= 0.6 is 15.9 Å². The second kappa shape index (κ2) is 8.80. The van der Waals surface area contributed by atoms with E-state index in [2.05, 4.69) is 20.7 Å². The van der Waals surface area contributed by atoms with E-state index in [1.807, 2.05) is 18.2 Å². The predicted octanol–water partition coefficient (Wildman–Crippen LogP) is 3.29. The van der Waals surface area contributed by atoms with Gasteiger partial charge in [-0.3, -0.25) is 4.79 Å². The summed E-state index contributed by atoms with van der Waals surface area (Å²) in [7, 11) is -0.677. The second-order valence-electron chi connectivity index (χ2n) is 7.76. The fraction of sp³-hybridized carbons (Fsp3) is 0.409. The van der Waals surface area contributed by atoms with Crippen molar-refractivity contribution in [1.29, 1.82) is 0 Å². The number of anilines is 1. The molecule has 0 bridgehead atoms. The molecule has 166 valence electrons. The lowest BCUT2D eigenvalue weighted by Gasteiger charge is -2.21. The number of sulfonamides is 1. The summed E-state index contributed by atoms with van der Waals surface area (Å²) in [5, 5.41) is 0. The van der Waals surface area contributed by atoms with Crippen LogP contribution in [-0.4, -0.2) is 41.6 Å². The third-order valence-corrected chi connectivity index (χ3v) is 7.56. The zero-order valence-electron chi connectivity index (χ0n) is 17.5. The Morgan fingerprint density at radius 3 is 2.58 bits per heavy atom. The molecule has 0 saturated heterocycles. The number of fused-ring (bicyclic) bond motifs is 1. The van der Waals surface area contributed by atoms with Gasteiger partial charge in [0.1, 0.15) is 4.90 Å². The molecule has 0 spiro atoms. The van der Waals surface area contributed by atoms with Crippen LogP contribution in [0.25, 0.3) is 0 Å². The number of hydrogen-bond donors (Lipinski definition) is 1. The van der Waals surface area contributed by atoms with Gasteiger partial charge in [0, 0.05) is 23.5 Å². The Hall–Kier alpha value is -2.10. The summed E-state index contributed by atoms with van der Waals surface area (Å²) < 4.78 is 40.3. The van der Waals surface area contributed by atoms with Crippen LogP contribution in [0.4, 0.5) is 5.69 Å². The first-order chi connectivity index (χ1) is 14.8. The average molecular weight is 509 g/mol. The number of rotatable bonds is 8. The summed E-state index contributed by atoms with van der Waals surface area (Å²) in [6.07, 6.45) is 2.90. The zero-order valence-corrected chi connectivity index (χ0v) is 19.9. The smallest absolute Gasteiger partial charge is 0.242 e. The molecule has 0 unspecified atom stereocenters. The lowest BCUT2D eigenvalue weighted by atomic mass is 10.1. The van der Waals surface area contributed by atoms with Gasteiger partial charge in [0.25, 0.3) is 0 Å². The number of benzene rings is 2. The molecule has 1 amide bonds. The minimum absolute atomic E-state index is 0.0304. The van der Waals surface area contributed by atoms with Crippen molar-refractivity contribution in [1.82, 2.24) is 4.72 Å².